The van der Waals surface area contributed by atoms with Crippen molar-refractivity contribution in [2.75, 3.05) is 24.6 Å². The molecule has 0 aromatic heterocycles. The van der Waals surface area contributed by atoms with E-state index in [4.69, 9.17) is 16.3 Å². The van der Waals surface area contributed by atoms with Gasteiger partial charge in [-0.05, 0) is 98.2 Å². The van der Waals surface area contributed by atoms with E-state index in [0.717, 1.165) is 61.5 Å². The van der Waals surface area contributed by atoms with Crippen LogP contribution in [0, 0.1) is 23.7 Å². The molecule has 2 aromatic rings. The second-order valence-corrected chi connectivity index (χ2v) is 14.6. The molecule has 2 heterocycles. The van der Waals surface area contributed by atoms with Crippen molar-refractivity contribution in [2.24, 2.45) is 23.7 Å². The first-order valence-corrected chi connectivity index (χ1v) is 17.1. The van der Waals surface area contributed by atoms with E-state index in [1.807, 2.05) is 25.1 Å². The smallest absolute Gasteiger partial charge is 0.263 e. The number of benzene rings is 2. The minimum absolute atomic E-state index is 0.0895. The van der Waals surface area contributed by atoms with Crippen molar-refractivity contribution in [1.82, 2.24) is 4.72 Å². The van der Waals surface area contributed by atoms with Crippen LogP contribution < -0.4 is 14.4 Å². The first-order chi connectivity index (χ1) is 20.2. The molecule has 1 fully saturated rings. The lowest BCUT2D eigenvalue weighted by molar-refractivity contribution is -0.124. The van der Waals surface area contributed by atoms with Gasteiger partial charge < -0.3 is 19.8 Å². The van der Waals surface area contributed by atoms with E-state index in [0.29, 0.717) is 31.1 Å². The summed E-state index contributed by atoms with van der Waals surface area (Å²) in [7, 11) is -1.54. The van der Waals surface area contributed by atoms with Crippen LogP contribution in [-0.4, -0.2) is 51.6 Å². The van der Waals surface area contributed by atoms with Gasteiger partial charge in [0.1, 0.15) is 16.7 Å². The summed E-state index contributed by atoms with van der Waals surface area (Å²) < 4.78 is 22.3. The Hall–Kier alpha value is -2.13. The van der Waals surface area contributed by atoms with Gasteiger partial charge in [-0.3, -0.25) is 9.52 Å². The Morgan fingerprint density at radius 3 is 2.62 bits per heavy atom. The normalized spacial score (nSPS) is 30.5. The topological polar surface area (TPSA) is 99.1 Å². The number of nitrogens with one attached hydrogen (secondary N) is 1. The Morgan fingerprint density at radius 2 is 1.90 bits per heavy atom. The third kappa shape index (κ3) is 6.82. The van der Waals surface area contributed by atoms with Gasteiger partial charge in [0.2, 0.25) is 0 Å². The van der Waals surface area contributed by atoms with E-state index >= 15 is 0 Å². The Labute approximate surface area is 257 Å². The van der Waals surface area contributed by atoms with Crippen LogP contribution in [0.1, 0.15) is 86.7 Å². The molecule has 230 valence electrons. The summed E-state index contributed by atoms with van der Waals surface area (Å²) in [6, 6.07) is 11.6. The first kappa shape index (κ1) is 31.3. The maximum atomic E-state index is 13.3. The lowest BCUT2D eigenvalue weighted by Crippen LogP contribution is -2.45. The maximum absolute atomic E-state index is 13.3. The molecule has 7 atom stereocenters. The largest absolute Gasteiger partial charge is 0.491 e. The summed E-state index contributed by atoms with van der Waals surface area (Å²) in [6.45, 7) is 8.06. The number of ether oxygens (including phenoxy) is 1. The number of aryl methyl sites for hydroxylation is 1. The molecule has 0 spiro atoms. The minimum Gasteiger partial charge on any atom is -0.491 e. The number of aliphatic hydroxyl groups is 2. The van der Waals surface area contributed by atoms with Crippen LogP contribution >= 0.6 is 11.6 Å². The fourth-order valence-corrected chi connectivity index (χ4v) is 8.31. The minimum atomic E-state index is -1.54. The van der Waals surface area contributed by atoms with E-state index < -0.39 is 17.3 Å². The van der Waals surface area contributed by atoms with Crippen molar-refractivity contribution in [1.29, 1.82) is 0 Å². The van der Waals surface area contributed by atoms with Crippen LogP contribution in [0.25, 0.3) is 0 Å². The predicted octanol–water partition coefficient (Wildman–Crippen LogP) is 5.83. The zero-order valence-electron chi connectivity index (χ0n) is 24.9. The third-order valence-corrected chi connectivity index (χ3v) is 11.7. The molecule has 2 bridgehead atoms. The van der Waals surface area contributed by atoms with E-state index in [2.05, 4.69) is 35.6 Å². The zero-order valence-corrected chi connectivity index (χ0v) is 26.5. The van der Waals surface area contributed by atoms with E-state index in [1.165, 1.54) is 11.1 Å². The van der Waals surface area contributed by atoms with Crippen LogP contribution in [0.2, 0.25) is 5.02 Å². The van der Waals surface area contributed by atoms with Gasteiger partial charge in [-0.1, -0.05) is 44.4 Å². The summed E-state index contributed by atoms with van der Waals surface area (Å²) in [5, 5.41) is 21.3. The van der Waals surface area contributed by atoms with Crippen LogP contribution in [0.15, 0.2) is 36.4 Å². The summed E-state index contributed by atoms with van der Waals surface area (Å²) in [5.41, 5.74) is 3.76. The summed E-state index contributed by atoms with van der Waals surface area (Å²) in [6.07, 6.45) is 4.93. The van der Waals surface area contributed by atoms with Crippen LogP contribution in [-0.2, 0) is 17.4 Å². The molecule has 2 aliphatic heterocycles. The molecule has 0 radical (unpaired) electrons. The van der Waals surface area contributed by atoms with Gasteiger partial charge in [-0.2, -0.15) is 0 Å². The van der Waals surface area contributed by atoms with Crippen molar-refractivity contribution in [3.63, 3.8) is 0 Å². The lowest BCUT2D eigenvalue weighted by Gasteiger charge is -2.45. The number of carbonyl (C=O) groups is 1. The standard InChI is InChI=1S/C33H45ClN2O5S/c1-4-6-22-15-26(34)11-13-27(22)25-18-36-17-24-9-12-28(24)29(33(38)39)8-5-7-20(2)21(3)42(40)35-32(37)23-10-14-31(41-19-25)30(36)16-23/h10-11,13-16,20-21,24-25,28-29,33,38-39H,4-9,12,17-19H2,1-3H3,(H,35,37). The molecule has 3 N–H and O–H groups in total. The molecule has 7 unspecified atom stereocenters. The Balaban J connectivity index is 1.53. The third-order valence-electron chi connectivity index (χ3n) is 9.90. The summed E-state index contributed by atoms with van der Waals surface area (Å²) >= 11 is 6.39. The van der Waals surface area contributed by atoms with Gasteiger partial charge in [-0.25, -0.2) is 4.21 Å². The predicted molar refractivity (Wildman–Crippen MR) is 168 cm³/mol. The number of rotatable bonds is 4. The van der Waals surface area contributed by atoms with Crippen molar-refractivity contribution in [2.45, 2.75) is 83.2 Å². The SMILES string of the molecule is CCCc1cc(Cl)ccc1C1COc2ccc3cc2N(C1)CC1CCC1C(C(O)O)CCCC(C)C(C)S(=O)NC3=O. The van der Waals surface area contributed by atoms with Crippen LogP contribution in [0.4, 0.5) is 5.69 Å². The van der Waals surface area contributed by atoms with Crippen molar-refractivity contribution in [3.8, 4) is 5.75 Å². The molecule has 1 aliphatic carbocycles. The van der Waals surface area contributed by atoms with Gasteiger partial charge in [0.05, 0.1) is 17.5 Å². The number of aliphatic hydroxyl groups excluding tert-OH is 1. The number of fused-ring (bicyclic) bond motifs is 2. The maximum Gasteiger partial charge on any atom is 0.263 e. The number of hydrogen-bond acceptors (Lipinski definition) is 6. The fraction of sp³-hybridized carbons (Fsp3) is 0.606. The lowest BCUT2D eigenvalue weighted by atomic mass is 9.65. The first-order valence-electron chi connectivity index (χ1n) is 15.5. The molecular formula is C33H45ClN2O5S. The van der Waals surface area contributed by atoms with Crippen molar-refractivity contribution < 1.29 is 24.0 Å². The molecule has 3 aliphatic rings. The molecule has 9 heteroatoms. The quantitative estimate of drug-likeness (QED) is 0.374. The monoisotopic (exact) mass is 616 g/mol. The highest BCUT2D eigenvalue weighted by atomic mass is 35.5. The summed E-state index contributed by atoms with van der Waals surface area (Å²) in [4.78, 5) is 15.6. The number of nitrogens with zero attached hydrogens (tertiary/aromatic N) is 1. The van der Waals surface area contributed by atoms with E-state index in [9.17, 15) is 19.2 Å². The number of hydrogen-bond donors (Lipinski definition) is 3. The molecule has 5 rings (SSSR count). The second kappa shape index (κ2) is 13.7. The van der Waals surface area contributed by atoms with E-state index in [1.54, 1.807) is 6.07 Å². The van der Waals surface area contributed by atoms with Gasteiger partial charge in [0.15, 0.2) is 6.29 Å². The molecule has 1 amide bonds. The summed E-state index contributed by atoms with van der Waals surface area (Å²) in [5.74, 6) is 0.899. The highest BCUT2D eigenvalue weighted by molar-refractivity contribution is 7.84. The number of anilines is 1. The average Bonchev–Trinajstić information content (AvgIpc) is 3.12. The molecule has 0 saturated heterocycles. The molecule has 7 nitrogen and oxygen atoms in total. The van der Waals surface area contributed by atoms with Crippen molar-refractivity contribution >= 4 is 34.2 Å². The molecule has 1 saturated carbocycles. The van der Waals surface area contributed by atoms with E-state index in [-0.39, 0.29) is 34.8 Å². The van der Waals surface area contributed by atoms with Gasteiger partial charge in [0, 0.05) is 35.5 Å². The van der Waals surface area contributed by atoms with Crippen LogP contribution in [0.3, 0.4) is 0 Å². The molecule has 42 heavy (non-hydrogen) atoms. The highest BCUT2D eigenvalue weighted by Crippen LogP contribution is 2.46. The highest BCUT2D eigenvalue weighted by Gasteiger charge is 2.41. The Bertz CT molecular complexity index is 1290. The zero-order chi connectivity index (χ0) is 30.0. The number of carbonyl (C=O) groups excluding carboxylic acids is 1. The van der Waals surface area contributed by atoms with Crippen molar-refractivity contribution in [3.05, 3.63) is 58.1 Å². The fourth-order valence-electron chi connectivity index (χ4n) is 7.07. The van der Waals surface area contributed by atoms with Gasteiger partial charge in [0.25, 0.3) is 5.91 Å². The van der Waals surface area contributed by atoms with Gasteiger partial charge in [-0.15, -0.1) is 0 Å². The molecule has 2 aromatic carbocycles. The average molecular weight is 617 g/mol. The van der Waals surface area contributed by atoms with Crippen LogP contribution in [0.5, 0.6) is 5.75 Å². The Kier molecular flexibility index (Phi) is 10.2. The number of amides is 1. The number of halogens is 1. The van der Waals surface area contributed by atoms with Gasteiger partial charge >= 0.3 is 0 Å². The second-order valence-electron chi connectivity index (χ2n) is 12.6. The molecular weight excluding hydrogens is 572 g/mol. The Morgan fingerprint density at radius 1 is 1.10 bits per heavy atom.